The van der Waals surface area contributed by atoms with Crippen molar-refractivity contribution in [3.63, 3.8) is 0 Å². The minimum atomic E-state index is -0.0879. The molecule has 2 aromatic carbocycles. The van der Waals surface area contributed by atoms with Gasteiger partial charge in [-0.05, 0) is 43.8 Å². The van der Waals surface area contributed by atoms with E-state index in [-0.39, 0.29) is 5.91 Å². The Morgan fingerprint density at radius 1 is 1.00 bits per heavy atom. The summed E-state index contributed by atoms with van der Waals surface area (Å²) in [7, 11) is 1.93. The molecular formula is C16H18N2O. The van der Waals surface area contributed by atoms with Crippen LogP contribution in [-0.2, 0) is 0 Å². The van der Waals surface area contributed by atoms with Crippen molar-refractivity contribution in [2.75, 3.05) is 12.4 Å². The van der Waals surface area contributed by atoms with E-state index in [9.17, 15) is 4.79 Å². The lowest BCUT2D eigenvalue weighted by molar-refractivity contribution is 0.102. The van der Waals surface area contributed by atoms with E-state index < -0.39 is 0 Å². The van der Waals surface area contributed by atoms with Gasteiger partial charge in [0.1, 0.15) is 0 Å². The molecule has 1 atom stereocenters. The molecule has 0 spiro atoms. The molecule has 2 aromatic rings. The second-order valence-corrected chi connectivity index (χ2v) is 4.45. The largest absolute Gasteiger partial charge is 0.322 e. The van der Waals surface area contributed by atoms with Crippen LogP contribution >= 0.6 is 0 Å². The molecule has 3 nitrogen and oxygen atoms in total. The number of anilines is 1. The van der Waals surface area contributed by atoms with Crippen molar-refractivity contribution in [2.24, 2.45) is 0 Å². The van der Waals surface area contributed by atoms with Gasteiger partial charge in [0, 0.05) is 17.3 Å². The van der Waals surface area contributed by atoms with Crippen LogP contribution in [-0.4, -0.2) is 13.0 Å². The first-order valence-corrected chi connectivity index (χ1v) is 6.34. The number of carbonyl (C=O) groups excluding carboxylic acids is 1. The highest BCUT2D eigenvalue weighted by Crippen LogP contribution is 2.16. The molecule has 0 radical (unpaired) electrons. The molecule has 0 heterocycles. The minimum Gasteiger partial charge on any atom is -0.322 e. The number of hydrogen-bond acceptors (Lipinski definition) is 2. The van der Waals surface area contributed by atoms with Crippen LogP contribution in [0, 0.1) is 0 Å². The molecule has 0 aliphatic heterocycles. The maximum atomic E-state index is 12.0. The Balaban J connectivity index is 2.06. The van der Waals surface area contributed by atoms with Crippen LogP contribution in [0.2, 0.25) is 0 Å². The Labute approximate surface area is 113 Å². The molecule has 98 valence electrons. The van der Waals surface area contributed by atoms with Gasteiger partial charge in [0.2, 0.25) is 0 Å². The highest BCUT2D eigenvalue weighted by molar-refractivity contribution is 6.04. The Bertz CT molecular complexity index is 534. The molecule has 19 heavy (non-hydrogen) atoms. The minimum absolute atomic E-state index is 0.0879. The second-order valence-electron chi connectivity index (χ2n) is 4.45. The molecule has 0 aliphatic rings. The van der Waals surface area contributed by atoms with E-state index in [4.69, 9.17) is 0 Å². The molecule has 1 unspecified atom stereocenters. The van der Waals surface area contributed by atoms with Gasteiger partial charge >= 0.3 is 0 Å². The third kappa shape index (κ3) is 3.42. The van der Waals surface area contributed by atoms with Gasteiger partial charge in [-0.25, -0.2) is 0 Å². The van der Waals surface area contributed by atoms with Crippen molar-refractivity contribution in [1.29, 1.82) is 0 Å². The van der Waals surface area contributed by atoms with E-state index in [1.54, 1.807) is 12.1 Å². The molecule has 0 fully saturated rings. The van der Waals surface area contributed by atoms with Gasteiger partial charge in [-0.15, -0.1) is 0 Å². The van der Waals surface area contributed by atoms with Gasteiger partial charge in [0.05, 0.1) is 0 Å². The topological polar surface area (TPSA) is 41.1 Å². The van der Waals surface area contributed by atoms with E-state index in [0.29, 0.717) is 11.6 Å². The van der Waals surface area contributed by atoms with E-state index in [1.807, 2.05) is 49.5 Å². The zero-order valence-corrected chi connectivity index (χ0v) is 11.2. The van der Waals surface area contributed by atoms with Gasteiger partial charge in [-0.2, -0.15) is 0 Å². The average Bonchev–Trinajstić information content (AvgIpc) is 2.48. The highest BCUT2D eigenvalue weighted by Gasteiger charge is 2.06. The van der Waals surface area contributed by atoms with Crippen molar-refractivity contribution in [1.82, 2.24) is 5.32 Å². The summed E-state index contributed by atoms with van der Waals surface area (Å²) in [5, 5.41) is 6.06. The quantitative estimate of drug-likeness (QED) is 0.879. The van der Waals surface area contributed by atoms with Gasteiger partial charge < -0.3 is 10.6 Å². The zero-order chi connectivity index (χ0) is 13.7. The summed E-state index contributed by atoms with van der Waals surface area (Å²) >= 11 is 0. The van der Waals surface area contributed by atoms with Crippen LogP contribution in [0.1, 0.15) is 28.9 Å². The fourth-order valence-corrected chi connectivity index (χ4v) is 1.81. The highest BCUT2D eigenvalue weighted by atomic mass is 16.1. The number of benzene rings is 2. The van der Waals surface area contributed by atoms with E-state index in [1.165, 1.54) is 5.56 Å². The van der Waals surface area contributed by atoms with Crippen molar-refractivity contribution in [3.8, 4) is 0 Å². The molecular weight excluding hydrogens is 236 g/mol. The first kappa shape index (κ1) is 13.3. The first-order valence-electron chi connectivity index (χ1n) is 6.34. The summed E-state index contributed by atoms with van der Waals surface area (Å²) in [5.74, 6) is -0.0879. The van der Waals surface area contributed by atoms with Crippen LogP contribution in [0.3, 0.4) is 0 Å². The lowest BCUT2D eigenvalue weighted by Gasteiger charge is -2.11. The van der Waals surface area contributed by atoms with E-state index in [2.05, 4.69) is 17.6 Å². The molecule has 0 aliphatic carbocycles. The lowest BCUT2D eigenvalue weighted by Crippen LogP contribution is -2.13. The number of rotatable bonds is 4. The second kappa shape index (κ2) is 6.16. The van der Waals surface area contributed by atoms with Gasteiger partial charge in [0.25, 0.3) is 5.91 Å². The smallest absolute Gasteiger partial charge is 0.255 e. The van der Waals surface area contributed by atoms with Crippen molar-refractivity contribution in [3.05, 3.63) is 65.7 Å². The zero-order valence-electron chi connectivity index (χ0n) is 11.2. The Hall–Kier alpha value is -2.13. The maximum Gasteiger partial charge on any atom is 0.255 e. The van der Waals surface area contributed by atoms with Crippen molar-refractivity contribution in [2.45, 2.75) is 13.0 Å². The predicted molar refractivity (Wildman–Crippen MR) is 78.3 cm³/mol. The molecule has 0 aromatic heterocycles. The summed E-state index contributed by atoms with van der Waals surface area (Å²) in [6, 6.07) is 17.4. The molecule has 2 N–H and O–H groups in total. The van der Waals surface area contributed by atoms with Gasteiger partial charge in [0.15, 0.2) is 0 Å². The fourth-order valence-electron chi connectivity index (χ4n) is 1.81. The summed E-state index contributed by atoms with van der Waals surface area (Å²) in [5.41, 5.74) is 2.66. The van der Waals surface area contributed by atoms with Crippen LogP contribution in [0.25, 0.3) is 0 Å². The van der Waals surface area contributed by atoms with E-state index in [0.717, 1.165) is 5.69 Å². The Kier molecular flexibility index (Phi) is 4.31. The number of nitrogens with one attached hydrogen (secondary N) is 2. The Morgan fingerprint density at radius 3 is 2.21 bits per heavy atom. The maximum absolute atomic E-state index is 12.0. The molecule has 0 saturated heterocycles. The van der Waals surface area contributed by atoms with Gasteiger partial charge in [-0.3, -0.25) is 4.79 Å². The average molecular weight is 254 g/mol. The first-order chi connectivity index (χ1) is 9.20. The lowest BCUT2D eigenvalue weighted by atomic mass is 10.1. The molecule has 3 heteroatoms. The fraction of sp³-hybridized carbons (Fsp3) is 0.188. The Morgan fingerprint density at radius 2 is 1.63 bits per heavy atom. The number of carbonyl (C=O) groups is 1. The molecule has 1 amide bonds. The van der Waals surface area contributed by atoms with Crippen molar-refractivity contribution >= 4 is 11.6 Å². The normalized spacial score (nSPS) is 11.9. The SMILES string of the molecule is CNC(C)c1ccc(NC(=O)c2ccccc2)cc1. The van der Waals surface area contributed by atoms with Gasteiger partial charge in [-0.1, -0.05) is 30.3 Å². The third-order valence-electron chi connectivity index (χ3n) is 3.14. The van der Waals surface area contributed by atoms with Crippen molar-refractivity contribution < 1.29 is 4.79 Å². The summed E-state index contributed by atoms with van der Waals surface area (Å²) in [4.78, 5) is 12.0. The summed E-state index contributed by atoms with van der Waals surface area (Å²) in [6.07, 6.45) is 0. The predicted octanol–water partition coefficient (Wildman–Crippen LogP) is 3.22. The van der Waals surface area contributed by atoms with Crippen LogP contribution in [0.15, 0.2) is 54.6 Å². The third-order valence-corrected chi connectivity index (χ3v) is 3.14. The molecule has 0 bridgehead atoms. The van der Waals surface area contributed by atoms with Crippen LogP contribution < -0.4 is 10.6 Å². The van der Waals surface area contributed by atoms with Crippen LogP contribution in [0.5, 0.6) is 0 Å². The monoisotopic (exact) mass is 254 g/mol. The van der Waals surface area contributed by atoms with E-state index >= 15 is 0 Å². The molecule has 0 saturated carbocycles. The summed E-state index contributed by atoms with van der Waals surface area (Å²) in [6.45, 7) is 2.09. The standard InChI is InChI=1S/C16H18N2O/c1-12(17-2)13-8-10-15(11-9-13)18-16(19)14-6-4-3-5-7-14/h3-12,17H,1-2H3,(H,18,19). The van der Waals surface area contributed by atoms with Crippen LogP contribution in [0.4, 0.5) is 5.69 Å². The number of hydrogen-bond donors (Lipinski definition) is 2. The molecule has 2 rings (SSSR count). The summed E-state index contributed by atoms with van der Waals surface area (Å²) < 4.78 is 0. The number of amides is 1.